The molecule has 0 heterocycles. The largest absolute Gasteiger partial charge is 0.279 e. The fraction of sp³-hybridized carbons (Fsp3) is 0.286. The Morgan fingerprint density at radius 3 is 2.30 bits per heavy atom. The van der Waals surface area contributed by atoms with Gasteiger partial charge in [-0.25, -0.2) is 13.8 Å². The van der Waals surface area contributed by atoms with Crippen LogP contribution in [0.4, 0.5) is 14.5 Å². The fourth-order valence-electron chi connectivity index (χ4n) is 2.74. The van der Waals surface area contributed by atoms with Crippen LogP contribution in [0.2, 0.25) is 5.02 Å². The van der Waals surface area contributed by atoms with Crippen LogP contribution < -0.4 is 0 Å². The van der Waals surface area contributed by atoms with E-state index >= 15 is 0 Å². The zero-order valence-corrected chi connectivity index (χ0v) is 17.8. The molecule has 0 bridgehead atoms. The van der Waals surface area contributed by atoms with E-state index in [0.29, 0.717) is 13.1 Å². The summed E-state index contributed by atoms with van der Waals surface area (Å²) in [6.45, 7) is 4.89. The molecule has 0 saturated carbocycles. The molecule has 0 saturated heterocycles. The average Bonchev–Trinajstić information content (AvgIpc) is 2.72. The van der Waals surface area contributed by atoms with Gasteiger partial charge >= 0.3 is 0 Å². The summed E-state index contributed by atoms with van der Waals surface area (Å²) in [5.41, 5.74) is 0.345. The number of benzene rings is 2. The van der Waals surface area contributed by atoms with Crippen molar-refractivity contribution in [3.8, 4) is 23.5 Å². The van der Waals surface area contributed by atoms with Crippen molar-refractivity contribution in [2.24, 2.45) is 10.3 Å². The highest BCUT2D eigenvalue weighted by Gasteiger charge is 2.25. The highest BCUT2D eigenvalue weighted by Crippen LogP contribution is 2.41. The van der Waals surface area contributed by atoms with Crippen molar-refractivity contribution in [2.45, 2.75) is 13.8 Å². The van der Waals surface area contributed by atoms with Crippen molar-refractivity contribution in [3.63, 3.8) is 0 Å². The summed E-state index contributed by atoms with van der Waals surface area (Å²) in [5.74, 6) is 0.162. The molecule has 0 unspecified atom stereocenters. The molecular weight excluding hydrogens is 414 g/mol. The molecule has 0 spiro atoms. The first kappa shape index (κ1) is 23.3. The average molecular weight is 435 g/mol. The van der Waals surface area contributed by atoms with Crippen LogP contribution in [0.1, 0.15) is 29.8 Å². The predicted molar refractivity (Wildman–Crippen MR) is 111 cm³/mol. The fourth-order valence-corrected chi connectivity index (χ4v) is 3.00. The minimum absolute atomic E-state index is 0.00171. The van der Waals surface area contributed by atoms with E-state index in [1.807, 2.05) is 13.8 Å². The summed E-state index contributed by atoms with van der Waals surface area (Å²) >= 11 is 6.31. The van der Waals surface area contributed by atoms with E-state index in [1.54, 1.807) is 5.01 Å². The number of rotatable bonds is 7. The van der Waals surface area contributed by atoms with Gasteiger partial charge in [0.05, 0.1) is 23.3 Å². The molecule has 0 atom stereocenters. The quantitative estimate of drug-likeness (QED) is 0.340. The van der Waals surface area contributed by atoms with Gasteiger partial charge in [-0.3, -0.25) is 14.6 Å². The lowest BCUT2D eigenvalue weighted by atomic mass is 9.94. The molecule has 0 fully saturated rings. The Labute approximate surface area is 179 Å². The minimum Gasteiger partial charge on any atom is -0.279 e. The molecular formula is C21H21ClF2N4O2. The van der Waals surface area contributed by atoms with Gasteiger partial charge in [-0.2, -0.15) is 0 Å². The molecule has 1 amide bonds. The summed E-state index contributed by atoms with van der Waals surface area (Å²) in [5, 5.41) is 11.0. The van der Waals surface area contributed by atoms with E-state index in [0.717, 1.165) is 23.3 Å². The predicted octanol–water partition coefficient (Wildman–Crippen LogP) is 5.24. The van der Waals surface area contributed by atoms with Crippen LogP contribution >= 0.6 is 11.6 Å². The van der Waals surface area contributed by atoms with Crippen LogP contribution in [0.5, 0.6) is 0 Å². The van der Waals surface area contributed by atoms with E-state index in [2.05, 4.69) is 16.3 Å². The maximum Gasteiger partial charge on any atom is 0.277 e. The second kappa shape index (κ2) is 10.1. The van der Waals surface area contributed by atoms with Crippen molar-refractivity contribution < 1.29 is 18.4 Å². The summed E-state index contributed by atoms with van der Waals surface area (Å²) in [4.78, 5) is 17.9. The Hall–Kier alpha value is -3.02. The third-order valence-electron chi connectivity index (χ3n) is 4.34. The van der Waals surface area contributed by atoms with E-state index < -0.39 is 17.5 Å². The van der Waals surface area contributed by atoms with Crippen LogP contribution in [0.3, 0.4) is 0 Å². The summed E-state index contributed by atoms with van der Waals surface area (Å²) in [6, 6.07) is 4.20. The zero-order valence-electron chi connectivity index (χ0n) is 17.0. The minimum atomic E-state index is -0.827. The number of carbonyl (C=O) groups is 1. The van der Waals surface area contributed by atoms with Crippen LogP contribution in [0, 0.1) is 24.0 Å². The maximum atomic E-state index is 14.0. The third-order valence-corrected chi connectivity index (χ3v) is 4.64. The van der Waals surface area contributed by atoms with Gasteiger partial charge < -0.3 is 0 Å². The smallest absolute Gasteiger partial charge is 0.277 e. The number of hydrogen-bond acceptors (Lipinski definition) is 4. The molecule has 9 heteroatoms. The Bertz CT molecular complexity index is 997. The highest BCUT2D eigenvalue weighted by molar-refractivity contribution is 6.33. The van der Waals surface area contributed by atoms with Gasteiger partial charge in [-0.1, -0.05) is 22.7 Å². The van der Waals surface area contributed by atoms with Crippen molar-refractivity contribution >= 4 is 23.2 Å². The van der Waals surface area contributed by atoms with Crippen molar-refractivity contribution in [3.05, 3.63) is 52.0 Å². The van der Waals surface area contributed by atoms with Crippen LogP contribution in [-0.2, 0) is 4.84 Å². The van der Waals surface area contributed by atoms with Gasteiger partial charge in [0.1, 0.15) is 17.3 Å². The lowest BCUT2D eigenvalue weighted by Gasteiger charge is -2.20. The molecule has 2 aromatic rings. The molecule has 0 aromatic heterocycles. The second-order valence-corrected chi connectivity index (χ2v) is 6.53. The molecule has 158 valence electrons. The zero-order chi connectivity index (χ0) is 22.4. The number of terminal acetylenes is 1. The standard InChI is InChI=1S/C21H21ClF2N4O2/c1-6-16-18(22)12-17(21(29)27(4)30-5)19(13-9-14(23)11-15(24)10-13)20(16)25-26-28(7-2)8-3/h1,9-12H,7-8H2,2-5H3/b26-25+. The van der Waals surface area contributed by atoms with Gasteiger partial charge in [0, 0.05) is 31.8 Å². The molecule has 0 radical (unpaired) electrons. The molecule has 2 aromatic carbocycles. The SMILES string of the molecule is C#Cc1c(Cl)cc(C(=O)N(C)OC)c(-c2cc(F)cc(F)c2)c1/N=N/N(CC)CC. The van der Waals surface area contributed by atoms with E-state index in [1.165, 1.54) is 20.2 Å². The third kappa shape index (κ3) is 4.93. The number of nitrogens with zero attached hydrogens (tertiary/aromatic N) is 4. The van der Waals surface area contributed by atoms with Gasteiger partial charge in [0.2, 0.25) is 0 Å². The number of carbonyl (C=O) groups excluding carboxylic acids is 1. The Morgan fingerprint density at radius 1 is 1.20 bits per heavy atom. The number of halogens is 3. The van der Waals surface area contributed by atoms with Crippen molar-refractivity contribution in [2.75, 3.05) is 27.2 Å². The number of amides is 1. The Balaban J connectivity index is 2.94. The molecule has 0 aliphatic carbocycles. The summed E-state index contributed by atoms with van der Waals surface area (Å²) in [7, 11) is 2.69. The molecule has 30 heavy (non-hydrogen) atoms. The number of hydrogen-bond donors (Lipinski definition) is 0. The van der Waals surface area contributed by atoms with Crippen molar-refractivity contribution in [1.82, 2.24) is 10.1 Å². The highest BCUT2D eigenvalue weighted by atomic mass is 35.5. The van der Waals surface area contributed by atoms with Crippen LogP contribution in [0.25, 0.3) is 11.1 Å². The van der Waals surface area contributed by atoms with E-state index in [-0.39, 0.29) is 33.0 Å². The molecule has 0 N–H and O–H groups in total. The normalized spacial score (nSPS) is 10.9. The van der Waals surface area contributed by atoms with Crippen LogP contribution in [-0.4, -0.2) is 43.2 Å². The molecule has 2 rings (SSSR count). The van der Waals surface area contributed by atoms with E-state index in [4.69, 9.17) is 22.9 Å². The topological polar surface area (TPSA) is 57.5 Å². The molecule has 0 aliphatic heterocycles. The van der Waals surface area contributed by atoms with Gasteiger partial charge in [0.25, 0.3) is 5.91 Å². The molecule has 6 nitrogen and oxygen atoms in total. The summed E-state index contributed by atoms with van der Waals surface area (Å²) in [6.07, 6.45) is 5.62. The second-order valence-electron chi connectivity index (χ2n) is 6.12. The monoisotopic (exact) mass is 434 g/mol. The maximum absolute atomic E-state index is 14.0. The summed E-state index contributed by atoms with van der Waals surface area (Å²) < 4.78 is 28.0. The van der Waals surface area contributed by atoms with Crippen LogP contribution in [0.15, 0.2) is 34.6 Å². The van der Waals surface area contributed by atoms with E-state index in [9.17, 15) is 13.6 Å². The van der Waals surface area contributed by atoms with Gasteiger partial charge in [0.15, 0.2) is 0 Å². The first-order valence-corrected chi connectivity index (χ1v) is 9.43. The first-order valence-electron chi connectivity index (χ1n) is 9.05. The lowest BCUT2D eigenvalue weighted by Crippen LogP contribution is -2.26. The Kier molecular flexibility index (Phi) is 7.86. The molecule has 0 aliphatic rings. The lowest BCUT2D eigenvalue weighted by molar-refractivity contribution is -0.0756. The van der Waals surface area contributed by atoms with Gasteiger partial charge in [-0.15, -0.1) is 11.5 Å². The number of hydroxylamine groups is 2. The van der Waals surface area contributed by atoms with Gasteiger partial charge in [-0.05, 0) is 37.6 Å². The van der Waals surface area contributed by atoms with Crippen molar-refractivity contribution in [1.29, 1.82) is 0 Å². The Morgan fingerprint density at radius 2 is 1.80 bits per heavy atom. The first-order chi connectivity index (χ1) is 14.3.